The van der Waals surface area contributed by atoms with Crippen molar-refractivity contribution in [2.24, 2.45) is 0 Å². The van der Waals surface area contributed by atoms with Crippen LogP contribution in [0.25, 0.3) is 0 Å². The molecule has 0 aliphatic carbocycles. The molecule has 0 radical (unpaired) electrons. The van der Waals surface area contributed by atoms with Crippen LogP contribution in [0, 0.1) is 0 Å². The third-order valence-corrected chi connectivity index (χ3v) is 4.99. The Balaban J connectivity index is 1.95. The van der Waals surface area contributed by atoms with Gasteiger partial charge in [0.05, 0.1) is 12.6 Å². The highest BCUT2D eigenvalue weighted by molar-refractivity contribution is 9.10. The van der Waals surface area contributed by atoms with Crippen LogP contribution in [0.4, 0.5) is 4.79 Å². The van der Waals surface area contributed by atoms with Crippen LogP contribution in [0.2, 0.25) is 0 Å². The highest BCUT2D eigenvalue weighted by atomic mass is 79.9. The lowest BCUT2D eigenvalue weighted by Crippen LogP contribution is -2.59. The minimum absolute atomic E-state index is 0.0805. The lowest BCUT2D eigenvalue weighted by molar-refractivity contribution is -0.0756. The second-order valence-electron chi connectivity index (χ2n) is 5.20. The molecular weight excluding hydrogens is 310 g/mol. The summed E-state index contributed by atoms with van der Waals surface area (Å²) in [6, 6.07) is 9.83. The van der Waals surface area contributed by atoms with E-state index in [2.05, 4.69) is 15.9 Å². The van der Waals surface area contributed by atoms with E-state index in [0.717, 1.165) is 5.56 Å². The number of cyclic esters (lactones) is 1. The Labute approximate surface area is 120 Å². The molecule has 0 N–H and O–H groups in total. The van der Waals surface area contributed by atoms with Gasteiger partial charge in [-0.3, -0.25) is 4.90 Å². The molecule has 1 aromatic rings. The number of halogens is 1. The Kier molecular flexibility index (Phi) is 3.06. The van der Waals surface area contributed by atoms with Crippen molar-refractivity contribution < 1.29 is 14.3 Å². The molecule has 2 fully saturated rings. The number of hydrogen-bond donors (Lipinski definition) is 0. The molecule has 0 bridgehead atoms. The predicted molar refractivity (Wildman–Crippen MR) is 74.0 cm³/mol. The molecule has 0 spiro atoms. The van der Waals surface area contributed by atoms with Gasteiger partial charge in [0.2, 0.25) is 0 Å². The van der Waals surface area contributed by atoms with Crippen molar-refractivity contribution in [3.8, 4) is 0 Å². The van der Waals surface area contributed by atoms with Crippen LogP contribution in [0.3, 0.4) is 0 Å². The standard InChI is InChI=1S/C14H16BrNO3/c1-9-14(2,15)12-16(13(17)19-9)11(8-18-12)10-6-4-3-5-7-10/h3-7,9,11-12H,8H2,1-2H3/t9-,11-,12+,14-/m0/s1. The van der Waals surface area contributed by atoms with E-state index in [-0.39, 0.29) is 24.5 Å². The van der Waals surface area contributed by atoms with E-state index < -0.39 is 4.32 Å². The maximum absolute atomic E-state index is 12.2. The molecule has 2 aliphatic rings. The molecule has 1 amide bonds. The van der Waals surface area contributed by atoms with E-state index >= 15 is 0 Å². The van der Waals surface area contributed by atoms with E-state index in [1.165, 1.54) is 0 Å². The largest absolute Gasteiger partial charge is 0.445 e. The van der Waals surface area contributed by atoms with Crippen LogP contribution in [0.15, 0.2) is 30.3 Å². The van der Waals surface area contributed by atoms with E-state index in [9.17, 15) is 4.79 Å². The number of amides is 1. The Bertz CT molecular complexity index is 491. The molecule has 2 aliphatic heterocycles. The number of rotatable bonds is 1. The van der Waals surface area contributed by atoms with Gasteiger partial charge in [-0.1, -0.05) is 46.3 Å². The molecule has 0 unspecified atom stereocenters. The fourth-order valence-electron chi connectivity index (χ4n) is 2.62. The zero-order valence-corrected chi connectivity index (χ0v) is 12.5. The van der Waals surface area contributed by atoms with Crippen LogP contribution in [-0.2, 0) is 9.47 Å². The van der Waals surface area contributed by atoms with Gasteiger partial charge in [-0.05, 0) is 19.4 Å². The van der Waals surface area contributed by atoms with E-state index in [1.54, 1.807) is 4.90 Å². The van der Waals surface area contributed by atoms with Gasteiger partial charge in [0, 0.05) is 0 Å². The van der Waals surface area contributed by atoms with E-state index in [1.807, 2.05) is 44.2 Å². The predicted octanol–water partition coefficient (Wildman–Crippen LogP) is 3.08. The van der Waals surface area contributed by atoms with Crippen LogP contribution >= 0.6 is 15.9 Å². The summed E-state index contributed by atoms with van der Waals surface area (Å²) >= 11 is 3.65. The van der Waals surface area contributed by atoms with Crippen LogP contribution in [-0.4, -0.2) is 34.3 Å². The van der Waals surface area contributed by atoms with Crippen molar-refractivity contribution >= 4 is 22.0 Å². The topological polar surface area (TPSA) is 38.8 Å². The lowest BCUT2D eigenvalue weighted by atomic mass is 10.00. The first-order valence-corrected chi connectivity index (χ1v) is 7.15. The van der Waals surface area contributed by atoms with Crippen molar-refractivity contribution in [3.05, 3.63) is 35.9 Å². The Morgan fingerprint density at radius 2 is 2.05 bits per heavy atom. The zero-order chi connectivity index (χ0) is 13.6. The first-order chi connectivity index (χ1) is 9.01. The van der Waals surface area contributed by atoms with Crippen molar-refractivity contribution in [1.29, 1.82) is 0 Å². The minimum Gasteiger partial charge on any atom is -0.445 e. The molecule has 3 rings (SSSR count). The lowest BCUT2D eigenvalue weighted by Gasteiger charge is -2.44. The smallest absolute Gasteiger partial charge is 0.412 e. The van der Waals surface area contributed by atoms with E-state index in [4.69, 9.17) is 9.47 Å². The fraction of sp³-hybridized carbons (Fsp3) is 0.500. The summed E-state index contributed by atoms with van der Waals surface area (Å²) in [6.45, 7) is 4.37. The first-order valence-electron chi connectivity index (χ1n) is 6.36. The van der Waals surface area contributed by atoms with Gasteiger partial charge in [-0.25, -0.2) is 4.79 Å². The summed E-state index contributed by atoms with van der Waals surface area (Å²) in [5, 5.41) is 0. The Morgan fingerprint density at radius 3 is 2.74 bits per heavy atom. The van der Waals surface area contributed by atoms with Gasteiger partial charge in [0.1, 0.15) is 10.4 Å². The number of nitrogens with zero attached hydrogens (tertiary/aromatic N) is 1. The van der Waals surface area contributed by atoms with Gasteiger partial charge in [-0.2, -0.15) is 0 Å². The average molecular weight is 326 g/mol. The molecule has 0 aromatic heterocycles. The number of carbonyl (C=O) groups is 1. The molecule has 5 heteroatoms. The van der Waals surface area contributed by atoms with Crippen molar-refractivity contribution in [2.45, 2.75) is 36.5 Å². The summed E-state index contributed by atoms with van der Waals surface area (Å²) in [7, 11) is 0. The van der Waals surface area contributed by atoms with Gasteiger partial charge in [0.15, 0.2) is 6.23 Å². The highest BCUT2D eigenvalue weighted by Gasteiger charge is 2.55. The normalized spacial score (nSPS) is 37.9. The highest BCUT2D eigenvalue weighted by Crippen LogP contribution is 2.44. The third kappa shape index (κ3) is 1.96. The second kappa shape index (κ2) is 4.49. The number of fused-ring (bicyclic) bond motifs is 1. The maximum atomic E-state index is 12.2. The van der Waals surface area contributed by atoms with Gasteiger partial charge in [-0.15, -0.1) is 0 Å². The number of benzene rings is 1. The van der Waals surface area contributed by atoms with Gasteiger partial charge >= 0.3 is 6.09 Å². The van der Waals surface area contributed by atoms with Crippen molar-refractivity contribution in [1.82, 2.24) is 4.90 Å². The van der Waals surface area contributed by atoms with Crippen LogP contribution in [0.1, 0.15) is 25.5 Å². The molecular formula is C14H16BrNO3. The van der Waals surface area contributed by atoms with Gasteiger partial charge < -0.3 is 9.47 Å². The number of ether oxygens (including phenoxy) is 2. The summed E-state index contributed by atoms with van der Waals surface area (Å²) < 4.78 is 10.9. The molecule has 0 saturated carbocycles. The van der Waals surface area contributed by atoms with Gasteiger partial charge in [0.25, 0.3) is 0 Å². The zero-order valence-electron chi connectivity index (χ0n) is 10.9. The van der Waals surface area contributed by atoms with Crippen molar-refractivity contribution in [3.63, 3.8) is 0 Å². The SMILES string of the molecule is C[C@@H]1OC(=O)N2[C@H](c3ccccc3)CO[C@@H]2[C@@]1(C)Br. The molecule has 2 saturated heterocycles. The number of alkyl halides is 1. The third-order valence-electron chi connectivity index (χ3n) is 3.95. The summed E-state index contributed by atoms with van der Waals surface area (Å²) in [4.78, 5) is 13.9. The molecule has 19 heavy (non-hydrogen) atoms. The first kappa shape index (κ1) is 12.9. The average Bonchev–Trinajstić information content (AvgIpc) is 2.84. The maximum Gasteiger partial charge on any atom is 0.412 e. The number of hydrogen-bond acceptors (Lipinski definition) is 3. The Hall–Kier alpha value is -1.07. The summed E-state index contributed by atoms with van der Waals surface area (Å²) in [6.07, 6.45) is -0.828. The minimum atomic E-state index is -0.398. The summed E-state index contributed by atoms with van der Waals surface area (Å²) in [5.74, 6) is 0. The molecule has 4 nitrogen and oxygen atoms in total. The molecule has 102 valence electrons. The molecule has 2 heterocycles. The monoisotopic (exact) mass is 325 g/mol. The quantitative estimate of drug-likeness (QED) is 0.745. The van der Waals surface area contributed by atoms with E-state index in [0.29, 0.717) is 6.61 Å². The number of carbonyl (C=O) groups excluding carboxylic acids is 1. The molecule has 1 aromatic carbocycles. The summed E-state index contributed by atoms with van der Waals surface area (Å²) in [5.41, 5.74) is 1.07. The van der Waals surface area contributed by atoms with Crippen LogP contribution in [0.5, 0.6) is 0 Å². The molecule has 4 atom stereocenters. The Morgan fingerprint density at radius 1 is 1.37 bits per heavy atom. The fourth-order valence-corrected chi connectivity index (χ4v) is 3.07. The van der Waals surface area contributed by atoms with Crippen molar-refractivity contribution in [2.75, 3.05) is 6.61 Å². The van der Waals surface area contributed by atoms with Crippen LogP contribution < -0.4 is 0 Å². The second-order valence-corrected chi connectivity index (χ2v) is 6.91.